The summed E-state index contributed by atoms with van der Waals surface area (Å²) in [4.78, 5) is 35.1. The minimum Gasteiger partial charge on any atom is -0.327 e. The van der Waals surface area contributed by atoms with Crippen LogP contribution in [0.4, 0.5) is 20.6 Å². The molecule has 10 heteroatoms. The number of nitrogens with one attached hydrogen (secondary N) is 3. The quantitative estimate of drug-likeness (QED) is 0.533. The fraction of sp³-hybridized carbons (Fsp3) is 0.111. The van der Waals surface area contributed by atoms with Crippen molar-refractivity contribution in [3.63, 3.8) is 0 Å². The number of amides is 3. The summed E-state index contributed by atoms with van der Waals surface area (Å²) in [5.74, 6) is -1.36. The molecule has 28 heavy (non-hydrogen) atoms. The molecule has 0 aliphatic carbocycles. The zero-order valence-electron chi connectivity index (χ0n) is 14.5. The van der Waals surface area contributed by atoms with E-state index in [9.17, 15) is 24.1 Å². The highest BCUT2D eigenvalue weighted by Gasteiger charge is 2.34. The molecule has 0 radical (unpaired) electrons. The van der Waals surface area contributed by atoms with Gasteiger partial charge in [0.25, 0.3) is 11.6 Å². The van der Waals surface area contributed by atoms with Crippen LogP contribution < -0.4 is 16.0 Å². The van der Waals surface area contributed by atoms with Crippen LogP contribution in [0.3, 0.4) is 0 Å². The standard InChI is InChI=1S/C18H14ClFN4O4/c1-9-14(17(25)22-10-4-2-5-11(8-10)24(27)28)16(23-18(26)21-9)15-12(19)6-3-7-13(15)20/h2-8,16H,1H3,(H,22,25)(H2,21,23,26). The Hall–Kier alpha value is -3.46. The molecule has 3 amide bonds. The number of carbonyl (C=O) groups excluding carboxylic acids is 2. The van der Waals surface area contributed by atoms with E-state index in [4.69, 9.17) is 11.6 Å². The molecule has 1 heterocycles. The minimum absolute atomic E-state index is 0.0260. The number of hydrogen-bond donors (Lipinski definition) is 3. The van der Waals surface area contributed by atoms with Crippen LogP contribution in [0.2, 0.25) is 5.02 Å². The molecule has 1 aliphatic heterocycles. The SMILES string of the molecule is CC1=C(C(=O)Nc2cccc([N+](=O)[O-])c2)C(c2c(F)cccc2Cl)NC(=O)N1. The van der Waals surface area contributed by atoms with E-state index in [0.717, 1.165) is 0 Å². The van der Waals surface area contributed by atoms with Crippen LogP contribution in [0.5, 0.6) is 0 Å². The number of nitrogens with zero attached hydrogens (tertiary/aromatic N) is 1. The van der Waals surface area contributed by atoms with Gasteiger partial charge in [-0.05, 0) is 25.1 Å². The van der Waals surface area contributed by atoms with Crippen LogP contribution in [0.25, 0.3) is 0 Å². The van der Waals surface area contributed by atoms with Crippen molar-refractivity contribution in [2.45, 2.75) is 13.0 Å². The Morgan fingerprint density at radius 1 is 1.29 bits per heavy atom. The van der Waals surface area contributed by atoms with Gasteiger partial charge in [-0.2, -0.15) is 0 Å². The molecular formula is C18H14ClFN4O4. The van der Waals surface area contributed by atoms with E-state index in [-0.39, 0.29) is 33.2 Å². The number of nitro groups is 1. The minimum atomic E-state index is -1.14. The molecular weight excluding hydrogens is 391 g/mol. The van der Waals surface area contributed by atoms with Gasteiger partial charge < -0.3 is 16.0 Å². The molecule has 1 atom stereocenters. The Labute approximate surface area is 163 Å². The maximum absolute atomic E-state index is 14.4. The summed E-state index contributed by atoms with van der Waals surface area (Å²) in [6.45, 7) is 1.49. The highest BCUT2D eigenvalue weighted by molar-refractivity contribution is 6.31. The third-order valence-corrected chi connectivity index (χ3v) is 4.45. The van der Waals surface area contributed by atoms with Crippen molar-refractivity contribution in [2.24, 2.45) is 0 Å². The predicted octanol–water partition coefficient (Wildman–Crippen LogP) is 3.65. The van der Waals surface area contributed by atoms with Gasteiger partial charge in [0.1, 0.15) is 5.82 Å². The second-order valence-corrected chi connectivity index (χ2v) is 6.37. The average molecular weight is 405 g/mol. The maximum atomic E-state index is 14.4. The molecule has 0 saturated carbocycles. The fourth-order valence-corrected chi connectivity index (χ4v) is 3.17. The van der Waals surface area contributed by atoms with Gasteiger partial charge in [-0.1, -0.05) is 23.7 Å². The number of benzene rings is 2. The van der Waals surface area contributed by atoms with Crippen molar-refractivity contribution < 1.29 is 18.9 Å². The lowest BCUT2D eigenvalue weighted by Crippen LogP contribution is -2.46. The van der Waals surface area contributed by atoms with Gasteiger partial charge in [0.05, 0.1) is 16.5 Å². The topological polar surface area (TPSA) is 113 Å². The summed E-state index contributed by atoms with van der Waals surface area (Å²) >= 11 is 6.10. The summed E-state index contributed by atoms with van der Waals surface area (Å²) in [5, 5.41) is 18.4. The molecule has 0 spiro atoms. The zero-order valence-corrected chi connectivity index (χ0v) is 15.2. The number of carbonyl (C=O) groups is 2. The first-order valence-corrected chi connectivity index (χ1v) is 8.43. The number of nitro benzene ring substituents is 1. The molecule has 2 aromatic carbocycles. The van der Waals surface area contributed by atoms with E-state index in [1.54, 1.807) is 0 Å². The summed E-state index contributed by atoms with van der Waals surface area (Å²) in [6.07, 6.45) is 0. The van der Waals surface area contributed by atoms with Gasteiger partial charge in [0.15, 0.2) is 0 Å². The lowest BCUT2D eigenvalue weighted by Gasteiger charge is -2.29. The van der Waals surface area contributed by atoms with E-state index in [0.29, 0.717) is 0 Å². The monoisotopic (exact) mass is 404 g/mol. The number of halogens is 2. The van der Waals surface area contributed by atoms with Gasteiger partial charge in [0.2, 0.25) is 0 Å². The van der Waals surface area contributed by atoms with Gasteiger partial charge in [-0.3, -0.25) is 14.9 Å². The van der Waals surface area contributed by atoms with Crippen LogP contribution >= 0.6 is 11.6 Å². The normalized spacial score (nSPS) is 16.2. The van der Waals surface area contributed by atoms with Gasteiger partial charge in [0, 0.05) is 34.1 Å². The zero-order chi connectivity index (χ0) is 20.4. The number of non-ortho nitro benzene ring substituents is 1. The first-order valence-electron chi connectivity index (χ1n) is 8.06. The number of hydrogen-bond acceptors (Lipinski definition) is 4. The van der Waals surface area contributed by atoms with Gasteiger partial charge >= 0.3 is 6.03 Å². The largest absolute Gasteiger partial charge is 0.327 e. The number of allylic oxidation sites excluding steroid dienone is 1. The van der Waals surface area contributed by atoms with E-state index < -0.39 is 28.7 Å². The Balaban J connectivity index is 2.00. The maximum Gasteiger partial charge on any atom is 0.319 e. The molecule has 3 rings (SSSR count). The number of rotatable bonds is 4. The molecule has 0 bridgehead atoms. The molecule has 8 nitrogen and oxygen atoms in total. The van der Waals surface area contributed by atoms with Crippen LogP contribution in [-0.2, 0) is 4.79 Å². The van der Waals surface area contributed by atoms with Crippen molar-refractivity contribution in [2.75, 3.05) is 5.32 Å². The van der Waals surface area contributed by atoms with Crippen molar-refractivity contribution >= 4 is 34.9 Å². The molecule has 3 N–H and O–H groups in total. The first-order chi connectivity index (χ1) is 13.3. The summed E-state index contributed by atoms with van der Waals surface area (Å²) < 4.78 is 14.4. The third-order valence-electron chi connectivity index (χ3n) is 4.12. The van der Waals surface area contributed by atoms with Crippen molar-refractivity contribution in [1.82, 2.24) is 10.6 Å². The molecule has 144 valence electrons. The second-order valence-electron chi connectivity index (χ2n) is 5.97. The van der Waals surface area contributed by atoms with Crippen molar-refractivity contribution in [1.29, 1.82) is 0 Å². The van der Waals surface area contributed by atoms with E-state index >= 15 is 0 Å². The highest BCUT2D eigenvalue weighted by Crippen LogP contribution is 2.34. The van der Waals surface area contributed by atoms with Gasteiger partial charge in [-0.15, -0.1) is 0 Å². The highest BCUT2D eigenvalue weighted by atomic mass is 35.5. The van der Waals surface area contributed by atoms with E-state index in [2.05, 4.69) is 16.0 Å². The van der Waals surface area contributed by atoms with Crippen molar-refractivity contribution in [3.05, 3.63) is 80.3 Å². The predicted molar refractivity (Wildman–Crippen MR) is 100 cm³/mol. The molecule has 0 saturated heterocycles. The molecule has 1 unspecified atom stereocenters. The smallest absolute Gasteiger partial charge is 0.319 e. The van der Waals surface area contributed by atoms with Gasteiger partial charge in [-0.25, -0.2) is 9.18 Å². The average Bonchev–Trinajstić information content (AvgIpc) is 2.61. The number of urea groups is 1. The molecule has 0 fully saturated rings. The summed E-state index contributed by atoms with van der Waals surface area (Å²) in [6, 6.07) is 7.62. The summed E-state index contributed by atoms with van der Waals surface area (Å²) in [7, 11) is 0. The number of anilines is 1. The Kier molecular flexibility index (Phi) is 5.27. The first kappa shape index (κ1) is 19.3. The fourth-order valence-electron chi connectivity index (χ4n) is 2.89. The lowest BCUT2D eigenvalue weighted by molar-refractivity contribution is -0.384. The Morgan fingerprint density at radius 2 is 2.00 bits per heavy atom. The Bertz CT molecular complexity index is 1000. The second kappa shape index (κ2) is 7.65. The van der Waals surface area contributed by atoms with E-state index in [1.807, 2.05) is 0 Å². The molecule has 1 aliphatic rings. The van der Waals surface area contributed by atoms with Crippen LogP contribution in [-0.4, -0.2) is 16.9 Å². The van der Waals surface area contributed by atoms with Crippen LogP contribution in [0.1, 0.15) is 18.5 Å². The van der Waals surface area contributed by atoms with E-state index in [1.165, 1.54) is 49.4 Å². The summed E-state index contributed by atoms with van der Waals surface area (Å²) in [5.41, 5.74) is 0.152. The van der Waals surface area contributed by atoms with Crippen molar-refractivity contribution in [3.8, 4) is 0 Å². The third kappa shape index (κ3) is 3.79. The molecule has 2 aromatic rings. The van der Waals surface area contributed by atoms with Crippen LogP contribution in [0.15, 0.2) is 53.7 Å². The molecule has 0 aromatic heterocycles. The Morgan fingerprint density at radius 3 is 2.68 bits per heavy atom. The van der Waals surface area contributed by atoms with Crippen LogP contribution in [0, 0.1) is 15.9 Å². The lowest BCUT2D eigenvalue weighted by atomic mass is 9.94.